The van der Waals surface area contributed by atoms with Crippen molar-refractivity contribution in [2.45, 2.75) is 13.0 Å². The molecule has 1 unspecified atom stereocenters. The minimum atomic E-state index is -0.659. The van der Waals surface area contributed by atoms with E-state index in [0.29, 0.717) is 0 Å². The summed E-state index contributed by atoms with van der Waals surface area (Å²) in [5.74, 6) is -0.446. The highest BCUT2D eigenvalue weighted by molar-refractivity contribution is 5.84. The summed E-state index contributed by atoms with van der Waals surface area (Å²) < 4.78 is 4.81. The number of carbonyl (C=O) groups excluding carboxylic acids is 1. The van der Waals surface area contributed by atoms with Gasteiger partial charge in [-0.05, 0) is 6.92 Å². The van der Waals surface area contributed by atoms with Crippen LogP contribution in [0.5, 0.6) is 5.88 Å². The molecule has 1 amide bonds. The minimum Gasteiger partial charge on any atom is -0.476 e. The Morgan fingerprint density at radius 2 is 2.16 bits per heavy atom. The highest BCUT2D eigenvalue weighted by atomic mass is 16.6. The highest BCUT2D eigenvalue weighted by Crippen LogP contribution is 2.30. The quantitative estimate of drug-likeness (QED) is 0.603. The first-order valence-electron chi connectivity index (χ1n) is 5.39. The first kappa shape index (κ1) is 14.6. The lowest BCUT2D eigenvalue weighted by Crippen LogP contribution is -2.37. The Balaban J connectivity index is 3.08. The highest BCUT2D eigenvalue weighted by Gasteiger charge is 2.26. The zero-order valence-corrected chi connectivity index (χ0v) is 11.1. The fourth-order valence-corrected chi connectivity index (χ4v) is 1.44. The topological polar surface area (TPSA) is 110 Å². The van der Waals surface area contributed by atoms with Gasteiger partial charge in [0, 0.05) is 14.1 Å². The monoisotopic (exact) mass is 269 g/mol. The largest absolute Gasteiger partial charge is 0.476 e. The molecule has 1 aromatic rings. The Bertz CT molecular complexity index is 491. The van der Waals surface area contributed by atoms with Crippen LogP contribution >= 0.6 is 0 Å². The third-order valence-electron chi connectivity index (χ3n) is 2.33. The predicted octanol–water partition coefficient (Wildman–Crippen LogP) is 0.282. The van der Waals surface area contributed by atoms with E-state index in [0.717, 1.165) is 6.33 Å². The maximum absolute atomic E-state index is 11.7. The van der Waals surface area contributed by atoms with E-state index < -0.39 is 16.7 Å². The summed E-state index contributed by atoms with van der Waals surface area (Å²) in [5, 5.41) is 13.7. The van der Waals surface area contributed by atoms with Crippen LogP contribution in [0.2, 0.25) is 0 Å². The molecule has 0 aliphatic carbocycles. The first-order valence-corrected chi connectivity index (χ1v) is 5.39. The van der Waals surface area contributed by atoms with Gasteiger partial charge in [0.2, 0.25) is 11.7 Å². The molecule has 9 heteroatoms. The van der Waals surface area contributed by atoms with Crippen LogP contribution < -0.4 is 10.1 Å². The van der Waals surface area contributed by atoms with Crippen LogP contribution in [0.25, 0.3) is 0 Å². The van der Waals surface area contributed by atoms with Crippen molar-refractivity contribution >= 4 is 17.4 Å². The van der Waals surface area contributed by atoms with Gasteiger partial charge >= 0.3 is 5.69 Å². The number of methoxy groups -OCH3 is 1. The Labute approximate surface area is 109 Å². The summed E-state index contributed by atoms with van der Waals surface area (Å²) >= 11 is 0. The van der Waals surface area contributed by atoms with Gasteiger partial charge in [0.15, 0.2) is 0 Å². The summed E-state index contributed by atoms with van der Waals surface area (Å²) in [4.78, 5) is 30.8. The van der Waals surface area contributed by atoms with E-state index in [-0.39, 0.29) is 17.6 Å². The standard InChI is InChI=1S/C10H15N5O4/c1-6(10(16)14(2)3)13-8-7(15(17)18)9(19-4)12-5-11-8/h5-6H,1-4H3,(H,11,12,13). The predicted molar refractivity (Wildman–Crippen MR) is 67.0 cm³/mol. The second-order valence-electron chi connectivity index (χ2n) is 3.94. The molecule has 0 aliphatic rings. The summed E-state index contributed by atoms with van der Waals surface area (Å²) in [7, 11) is 4.46. The number of amides is 1. The number of hydrogen-bond donors (Lipinski definition) is 1. The van der Waals surface area contributed by atoms with Crippen LogP contribution in [-0.2, 0) is 4.79 Å². The van der Waals surface area contributed by atoms with Gasteiger partial charge in [-0.25, -0.2) is 4.98 Å². The van der Waals surface area contributed by atoms with E-state index in [2.05, 4.69) is 15.3 Å². The molecule has 0 bridgehead atoms. The lowest BCUT2D eigenvalue weighted by atomic mass is 10.3. The maximum atomic E-state index is 11.7. The molecule has 1 aromatic heterocycles. The number of rotatable bonds is 5. The van der Waals surface area contributed by atoms with Gasteiger partial charge in [-0.15, -0.1) is 0 Å². The molecule has 9 nitrogen and oxygen atoms in total. The van der Waals surface area contributed by atoms with E-state index in [9.17, 15) is 14.9 Å². The lowest BCUT2D eigenvalue weighted by Gasteiger charge is -2.18. The van der Waals surface area contributed by atoms with Crippen molar-refractivity contribution < 1.29 is 14.5 Å². The van der Waals surface area contributed by atoms with E-state index in [1.807, 2.05) is 0 Å². The zero-order valence-electron chi connectivity index (χ0n) is 11.1. The molecular formula is C10H15N5O4. The van der Waals surface area contributed by atoms with Gasteiger partial charge in [-0.2, -0.15) is 4.98 Å². The first-order chi connectivity index (χ1) is 8.88. The van der Waals surface area contributed by atoms with E-state index >= 15 is 0 Å². The second kappa shape index (κ2) is 5.94. The van der Waals surface area contributed by atoms with Gasteiger partial charge in [0.05, 0.1) is 12.0 Å². The van der Waals surface area contributed by atoms with Crippen molar-refractivity contribution in [3.63, 3.8) is 0 Å². The number of aromatic nitrogens is 2. The summed E-state index contributed by atoms with van der Waals surface area (Å²) in [6.45, 7) is 1.58. The number of nitro groups is 1. The van der Waals surface area contributed by atoms with Crippen LogP contribution in [0.4, 0.5) is 11.5 Å². The lowest BCUT2D eigenvalue weighted by molar-refractivity contribution is -0.385. The molecule has 0 aliphatic heterocycles. The number of nitrogens with zero attached hydrogens (tertiary/aromatic N) is 4. The van der Waals surface area contributed by atoms with E-state index in [1.165, 1.54) is 12.0 Å². The molecule has 0 saturated carbocycles. The van der Waals surface area contributed by atoms with Crippen molar-refractivity contribution in [1.82, 2.24) is 14.9 Å². The van der Waals surface area contributed by atoms with Crippen LogP contribution in [0.15, 0.2) is 6.33 Å². The average molecular weight is 269 g/mol. The summed E-state index contributed by atoms with van der Waals surface area (Å²) in [6, 6.07) is -0.659. The second-order valence-corrected chi connectivity index (χ2v) is 3.94. The maximum Gasteiger partial charge on any atom is 0.372 e. The molecule has 1 N–H and O–H groups in total. The molecule has 1 atom stereocenters. The molecule has 104 valence electrons. The average Bonchev–Trinajstić information content (AvgIpc) is 2.36. The normalized spacial score (nSPS) is 11.6. The van der Waals surface area contributed by atoms with Crippen molar-refractivity contribution in [2.75, 3.05) is 26.5 Å². The molecular weight excluding hydrogens is 254 g/mol. The third-order valence-corrected chi connectivity index (χ3v) is 2.33. The number of carbonyl (C=O) groups is 1. The van der Waals surface area contributed by atoms with Gasteiger partial charge in [0.1, 0.15) is 12.4 Å². The van der Waals surface area contributed by atoms with Crippen molar-refractivity contribution in [1.29, 1.82) is 0 Å². The van der Waals surface area contributed by atoms with E-state index in [4.69, 9.17) is 4.74 Å². The molecule has 0 saturated heterocycles. The molecule has 0 aromatic carbocycles. The number of ether oxygens (including phenoxy) is 1. The van der Waals surface area contributed by atoms with Crippen LogP contribution in [0.1, 0.15) is 6.92 Å². The molecule has 19 heavy (non-hydrogen) atoms. The molecule has 1 heterocycles. The summed E-state index contributed by atoms with van der Waals surface area (Å²) in [6.07, 6.45) is 1.13. The smallest absolute Gasteiger partial charge is 0.372 e. The van der Waals surface area contributed by atoms with Gasteiger partial charge in [0.25, 0.3) is 5.88 Å². The number of hydrogen-bond acceptors (Lipinski definition) is 7. The van der Waals surface area contributed by atoms with Crippen molar-refractivity contribution in [3.05, 3.63) is 16.4 Å². The Hall–Kier alpha value is -2.45. The minimum absolute atomic E-state index is 0.0560. The Morgan fingerprint density at radius 3 is 2.63 bits per heavy atom. The summed E-state index contributed by atoms with van der Waals surface area (Å²) in [5.41, 5.74) is -0.400. The van der Waals surface area contributed by atoms with Crippen LogP contribution in [-0.4, -0.2) is 52.9 Å². The molecule has 1 rings (SSSR count). The number of likely N-dealkylation sites (N-methyl/N-ethyl adjacent to an activating group) is 1. The number of nitrogens with one attached hydrogen (secondary N) is 1. The van der Waals surface area contributed by atoms with Crippen molar-refractivity contribution in [3.8, 4) is 5.88 Å². The third kappa shape index (κ3) is 3.27. The van der Waals surface area contributed by atoms with Crippen LogP contribution in [0, 0.1) is 10.1 Å². The van der Waals surface area contributed by atoms with Crippen molar-refractivity contribution in [2.24, 2.45) is 0 Å². The van der Waals surface area contributed by atoms with Gasteiger partial charge in [-0.1, -0.05) is 0 Å². The fourth-order valence-electron chi connectivity index (χ4n) is 1.44. The van der Waals surface area contributed by atoms with Gasteiger partial charge < -0.3 is 15.0 Å². The number of anilines is 1. The van der Waals surface area contributed by atoms with Crippen LogP contribution in [0.3, 0.4) is 0 Å². The van der Waals surface area contributed by atoms with E-state index in [1.54, 1.807) is 21.0 Å². The fraction of sp³-hybridized carbons (Fsp3) is 0.500. The van der Waals surface area contributed by atoms with Gasteiger partial charge in [-0.3, -0.25) is 14.9 Å². The molecule has 0 spiro atoms. The Morgan fingerprint density at radius 1 is 1.53 bits per heavy atom. The molecule has 0 fully saturated rings. The Kier molecular flexibility index (Phi) is 4.56. The SMILES string of the molecule is COc1ncnc(NC(C)C(=O)N(C)C)c1[N+](=O)[O-]. The molecule has 0 radical (unpaired) electrons. The zero-order chi connectivity index (χ0) is 14.6.